The molecule has 1 heterocycles. The van der Waals surface area contributed by atoms with Crippen LogP contribution in [0.5, 0.6) is 5.75 Å². The number of methoxy groups -OCH3 is 1. The number of benzene rings is 1. The number of Topliss-reactive ketones (excluding diaryl/α,β-unsaturated/α-hetero) is 1. The number of aryl methyl sites for hydroxylation is 1. The zero-order valence-corrected chi connectivity index (χ0v) is 16.2. The van der Waals surface area contributed by atoms with E-state index in [9.17, 15) is 4.79 Å². The molecule has 3 rings (SSSR count). The molecule has 0 amide bonds. The summed E-state index contributed by atoms with van der Waals surface area (Å²) in [6.45, 7) is 6.16. The third-order valence-corrected chi connectivity index (χ3v) is 6.14. The number of rotatable bonds is 6. The molecule has 134 valence electrons. The predicted octanol–water partition coefficient (Wildman–Crippen LogP) is 4.99. The molecule has 0 aliphatic heterocycles. The summed E-state index contributed by atoms with van der Waals surface area (Å²) in [5.74, 6) is 0.892. The molecule has 4 nitrogen and oxygen atoms in total. The number of imidazole rings is 1. The lowest BCUT2D eigenvalue weighted by molar-refractivity contribution is 0.0993. The Morgan fingerprint density at radius 2 is 1.88 bits per heavy atom. The van der Waals surface area contributed by atoms with Crippen molar-refractivity contribution >= 4 is 17.5 Å². The zero-order chi connectivity index (χ0) is 18.0. The highest BCUT2D eigenvalue weighted by molar-refractivity contribution is 8.00. The Hall–Kier alpha value is -1.75. The second-order valence-corrected chi connectivity index (χ2v) is 8.03. The quantitative estimate of drug-likeness (QED) is 0.539. The van der Waals surface area contributed by atoms with E-state index in [1.165, 1.54) is 31.4 Å². The normalized spacial score (nSPS) is 16.2. The molecule has 1 aromatic carbocycles. The highest BCUT2D eigenvalue weighted by Crippen LogP contribution is 2.36. The van der Waals surface area contributed by atoms with Gasteiger partial charge in [-0.25, -0.2) is 4.98 Å². The van der Waals surface area contributed by atoms with Crippen LogP contribution in [0.15, 0.2) is 29.4 Å². The molecule has 1 aliphatic carbocycles. The van der Waals surface area contributed by atoms with Gasteiger partial charge < -0.3 is 9.30 Å². The maximum atomic E-state index is 12.8. The number of hydrogen-bond donors (Lipinski definition) is 0. The molecule has 0 radical (unpaired) electrons. The number of thioether (sulfide) groups is 1. The molecular formula is C20H26N2O2S. The molecule has 0 saturated heterocycles. The average Bonchev–Trinajstić information content (AvgIpc) is 3.23. The zero-order valence-electron chi connectivity index (χ0n) is 15.4. The highest BCUT2D eigenvalue weighted by Gasteiger charge is 2.26. The van der Waals surface area contributed by atoms with Crippen LogP contribution in [0.2, 0.25) is 0 Å². The van der Waals surface area contributed by atoms with E-state index >= 15 is 0 Å². The van der Waals surface area contributed by atoms with Crippen LogP contribution in [0, 0.1) is 13.8 Å². The first-order valence-corrected chi connectivity index (χ1v) is 9.79. The van der Waals surface area contributed by atoms with Gasteiger partial charge in [0.2, 0.25) is 0 Å². The third kappa shape index (κ3) is 3.76. The van der Waals surface area contributed by atoms with Crippen molar-refractivity contribution < 1.29 is 9.53 Å². The summed E-state index contributed by atoms with van der Waals surface area (Å²) in [6, 6.07) is 7.86. The fourth-order valence-electron chi connectivity index (χ4n) is 3.47. The number of ether oxygens (including phenoxy) is 1. The first-order chi connectivity index (χ1) is 12.0. The van der Waals surface area contributed by atoms with Gasteiger partial charge in [-0.3, -0.25) is 4.79 Å². The number of carbonyl (C=O) groups is 1. The first-order valence-electron chi connectivity index (χ1n) is 8.91. The van der Waals surface area contributed by atoms with Crippen molar-refractivity contribution in [3.8, 4) is 5.75 Å². The fraction of sp³-hybridized carbons (Fsp3) is 0.500. The van der Waals surface area contributed by atoms with Crippen LogP contribution >= 0.6 is 11.8 Å². The van der Waals surface area contributed by atoms with E-state index in [1.54, 1.807) is 18.9 Å². The van der Waals surface area contributed by atoms with Gasteiger partial charge in [0.25, 0.3) is 0 Å². The summed E-state index contributed by atoms with van der Waals surface area (Å²) in [7, 11) is 1.63. The molecule has 0 spiro atoms. The maximum Gasteiger partial charge on any atom is 0.175 e. The van der Waals surface area contributed by atoms with Crippen molar-refractivity contribution in [2.45, 2.75) is 62.9 Å². The maximum absolute atomic E-state index is 12.8. The van der Waals surface area contributed by atoms with Crippen molar-refractivity contribution in [1.82, 2.24) is 9.55 Å². The van der Waals surface area contributed by atoms with Gasteiger partial charge in [-0.15, -0.1) is 0 Å². The van der Waals surface area contributed by atoms with Gasteiger partial charge in [0.05, 0.1) is 18.1 Å². The van der Waals surface area contributed by atoms with Crippen LogP contribution in [0.4, 0.5) is 0 Å². The Labute approximate surface area is 154 Å². The monoisotopic (exact) mass is 358 g/mol. The lowest BCUT2D eigenvalue weighted by Gasteiger charge is -2.18. The van der Waals surface area contributed by atoms with Crippen molar-refractivity contribution in [2.24, 2.45) is 0 Å². The molecule has 5 heteroatoms. The molecule has 1 atom stereocenters. The fourth-order valence-corrected chi connectivity index (χ4v) is 4.62. The smallest absolute Gasteiger partial charge is 0.175 e. The molecule has 2 aromatic rings. The largest absolute Gasteiger partial charge is 0.497 e. The summed E-state index contributed by atoms with van der Waals surface area (Å²) in [4.78, 5) is 17.5. The van der Waals surface area contributed by atoms with Crippen molar-refractivity contribution in [2.75, 3.05) is 7.11 Å². The number of nitrogens with zero attached hydrogens (tertiary/aromatic N) is 2. The van der Waals surface area contributed by atoms with Crippen LogP contribution < -0.4 is 4.74 Å². The Morgan fingerprint density at radius 1 is 1.24 bits per heavy atom. The van der Waals surface area contributed by atoms with Crippen molar-refractivity contribution in [1.29, 1.82) is 0 Å². The van der Waals surface area contributed by atoms with Crippen LogP contribution in [-0.4, -0.2) is 27.7 Å². The molecule has 1 aliphatic rings. The van der Waals surface area contributed by atoms with Gasteiger partial charge in [0.1, 0.15) is 5.75 Å². The van der Waals surface area contributed by atoms with Crippen LogP contribution in [-0.2, 0) is 0 Å². The van der Waals surface area contributed by atoms with Crippen molar-refractivity contribution in [3.05, 3.63) is 41.2 Å². The van der Waals surface area contributed by atoms with Gasteiger partial charge in [0.15, 0.2) is 10.9 Å². The second kappa shape index (κ2) is 7.65. The molecule has 1 aromatic heterocycles. The van der Waals surface area contributed by atoms with Crippen LogP contribution in [0.25, 0.3) is 0 Å². The van der Waals surface area contributed by atoms with E-state index < -0.39 is 0 Å². The molecule has 0 unspecified atom stereocenters. The summed E-state index contributed by atoms with van der Waals surface area (Å²) in [5, 5.41) is 0.811. The lowest BCUT2D eigenvalue weighted by atomic mass is 10.1. The van der Waals surface area contributed by atoms with E-state index in [1.807, 2.05) is 31.2 Å². The van der Waals surface area contributed by atoms with Crippen molar-refractivity contribution in [3.63, 3.8) is 0 Å². The SMILES string of the molecule is COc1ccc(C(=O)[C@H](C)Sc2nc(C)c(C)n2C2CCCC2)cc1. The van der Waals surface area contributed by atoms with Crippen LogP contribution in [0.1, 0.15) is 60.4 Å². The second-order valence-electron chi connectivity index (χ2n) is 6.73. The summed E-state index contributed by atoms with van der Waals surface area (Å²) >= 11 is 1.58. The molecular weight excluding hydrogens is 332 g/mol. The standard InChI is InChI=1S/C20H26N2O2S/c1-13-14(2)22(17-7-5-6-8-17)20(21-13)25-15(3)19(23)16-9-11-18(24-4)12-10-16/h9-12,15,17H,5-8H2,1-4H3/t15-/m0/s1. The molecule has 0 bridgehead atoms. The lowest BCUT2D eigenvalue weighted by Crippen LogP contribution is -2.16. The first kappa shape index (κ1) is 18.1. The number of carbonyl (C=O) groups excluding carboxylic acids is 1. The van der Waals surface area contributed by atoms with Gasteiger partial charge in [0, 0.05) is 17.3 Å². The minimum atomic E-state index is -0.172. The third-order valence-electron chi connectivity index (χ3n) is 5.07. The Bertz CT molecular complexity index is 746. The summed E-state index contributed by atoms with van der Waals surface area (Å²) in [6.07, 6.45) is 4.99. The van der Waals surface area contributed by atoms with Crippen LogP contribution in [0.3, 0.4) is 0 Å². The molecule has 1 saturated carbocycles. The van der Waals surface area contributed by atoms with Gasteiger partial charge in [-0.1, -0.05) is 24.6 Å². The molecule has 0 N–H and O–H groups in total. The topological polar surface area (TPSA) is 44.1 Å². The van der Waals surface area contributed by atoms with E-state index in [0.717, 1.165) is 16.6 Å². The minimum absolute atomic E-state index is 0.129. The molecule has 25 heavy (non-hydrogen) atoms. The summed E-state index contributed by atoms with van der Waals surface area (Å²) < 4.78 is 7.53. The number of aromatic nitrogens is 2. The number of ketones is 1. The Kier molecular flexibility index (Phi) is 5.52. The average molecular weight is 359 g/mol. The van der Waals surface area contributed by atoms with E-state index in [0.29, 0.717) is 11.6 Å². The minimum Gasteiger partial charge on any atom is -0.497 e. The predicted molar refractivity (Wildman–Crippen MR) is 102 cm³/mol. The Balaban J connectivity index is 1.79. The van der Waals surface area contributed by atoms with E-state index in [-0.39, 0.29) is 11.0 Å². The van der Waals surface area contributed by atoms with Gasteiger partial charge in [-0.05, 0) is 57.9 Å². The number of hydrogen-bond acceptors (Lipinski definition) is 4. The van der Waals surface area contributed by atoms with E-state index in [2.05, 4.69) is 18.4 Å². The summed E-state index contributed by atoms with van der Waals surface area (Å²) in [5.41, 5.74) is 3.02. The van der Waals surface area contributed by atoms with E-state index in [4.69, 9.17) is 9.72 Å². The van der Waals surface area contributed by atoms with Gasteiger partial charge in [-0.2, -0.15) is 0 Å². The molecule has 1 fully saturated rings. The highest BCUT2D eigenvalue weighted by atomic mass is 32.2. The Morgan fingerprint density at radius 3 is 2.48 bits per heavy atom. The van der Waals surface area contributed by atoms with Gasteiger partial charge >= 0.3 is 0 Å².